The lowest BCUT2D eigenvalue weighted by atomic mass is 9.94. The third kappa shape index (κ3) is 5.41. The van der Waals surface area contributed by atoms with Crippen LogP contribution in [-0.2, 0) is 22.4 Å². The number of rotatable bonds is 10. The first-order valence-corrected chi connectivity index (χ1v) is 13.8. The van der Waals surface area contributed by atoms with Gasteiger partial charge in [0.25, 0.3) is 11.7 Å². The molecule has 1 fully saturated rings. The molecule has 0 bridgehead atoms. The summed E-state index contributed by atoms with van der Waals surface area (Å²) in [6.45, 7) is 4.95. The van der Waals surface area contributed by atoms with Gasteiger partial charge in [-0.05, 0) is 66.8 Å². The molecule has 208 valence electrons. The molecule has 3 aromatic rings. The van der Waals surface area contributed by atoms with Gasteiger partial charge in [-0.1, -0.05) is 49.7 Å². The molecule has 0 saturated carbocycles. The summed E-state index contributed by atoms with van der Waals surface area (Å²) >= 11 is 0. The predicted octanol–water partition coefficient (Wildman–Crippen LogP) is 5.86. The van der Waals surface area contributed by atoms with Crippen molar-refractivity contribution in [2.75, 3.05) is 20.3 Å². The van der Waals surface area contributed by atoms with E-state index in [1.165, 1.54) is 0 Å². The van der Waals surface area contributed by atoms with E-state index in [-0.39, 0.29) is 17.4 Å². The quantitative estimate of drug-likeness (QED) is 0.150. The largest absolute Gasteiger partial charge is 0.507 e. The molecule has 1 N–H and O–H groups in total. The summed E-state index contributed by atoms with van der Waals surface area (Å²) < 4.78 is 17.3. The normalized spacial score (nSPS) is 19.4. The average molecular weight is 542 g/mol. The molecule has 2 heterocycles. The lowest BCUT2D eigenvalue weighted by Gasteiger charge is -2.26. The van der Waals surface area contributed by atoms with Gasteiger partial charge in [-0.2, -0.15) is 0 Å². The second-order valence-corrected chi connectivity index (χ2v) is 10.3. The third-order valence-corrected chi connectivity index (χ3v) is 7.45. The van der Waals surface area contributed by atoms with E-state index >= 15 is 0 Å². The fourth-order valence-electron chi connectivity index (χ4n) is 5.38. The van der Waals surface area contributed by atoms with Gasteiger partial charge in [0.15, 0.2) is 11.5 Å². The molecule has 40 heavy (non-hydrogen) atoms. The van der Waals surface area contributed by atoms with Crippen molar-refractivity contribution in [1.29, 1.82) is 0 Å². The number of carbonyl (C=O) groups excluding carboxylic acids is 2. The van der Waals surface area contributed by atoms with Gasteiger partial charge in [-0.15, -0.1) is 0 Å². The number of benzene rings is 3. The van der Waals surface area contributed by atoms with Gasteiger partial charge < -0.3 is 24.2 Å². The minimum absolute atomic E-state index is 0.0430. The summed E-state index contributed by atoms with van der Waals surface area (Å²) in [6, 6.07) is 19.8. The van der Waals surface area contributed by atoms with E-state index in [1.807, 2.05) is 49.4 Å². The van der Waals surface area contributed by atoms with Crippen molar-refractivity contribution in [2.24, 2.45) is 0 Å². The van der Waals surface area contributed by atoms with Crippen LogP contribution in [0.1, 0.15) is 55.0 Å². The van der Waals surface area contributed by atoms with E-state index in [0.717, 1.165) is 29.7 Å². The first-order chi connectivity index (χ1) is 19.4. The molecule has 2 atom stereocenters. The molecule has 0 spiro atoms. The molecule has 2 aliphatic heterocycles. The van der Waals surface area contributed by atoms with E-state index in [1.54, 1.807) is 36.3 Å². The second-order valence-electron chi connectivity index (χ2n) is 10.3. The van der Waals surface area contributed by atoms with Crippen molar-refractivity contribution < 1.29 is 28.9 Å². The summed E-state index contributed by atoms with van der Waals surface area (Å²) in [5, 5.41) is 11.5. The molecular formula is C33H35NO6. The van der Waals surface area contributed by atoms with Crippen LogP contribution < -0.4 is 14.2 Å². The lowest BCUT2D eigenvalue weighted by Crippen LogP contribution is -2.31. The zero-order chi connectivity index (χ0) is 28.2. The van der Waals surface area contributed by atoms with Crippen LogP contribution in [0.5, 0.6) is 17.2 Å². The molecule has 0 aromatic heterocycles. The Hall–Kier alpha value is -4.26. The van der Waals surface area contributed by atoms with Crippen LogP contribution in [0, 0.1) is 0 Å². The number of ether oxygens (including phenoxy) is 3. The number of ketones is 1. The van der Waals surface area contributed by atoms with Gasteiger partial charge in [0, 0.05) is 18.5 Å². The van der Waals surface area contributed by atoms with E-state index in [2.05, 4.69) is 6.92 Å². The van der Waals surface area contributed by atoms with Crippen LogP contribution in [0.2, 0.25) is 0 Å². The first kappa shape index (κ1) is 27.3. The second kappa shape index (κ2) is 11.9. The number of amides is 1. The Morgan fingerprint density at radius 3 is 2.60 bits per heavy atom. The van der Waals surface area contributed by atoms with Crippen molar-refractivity contribution in [1.82, 2.24) is 4.90 Å². The lowest BCUT2D eigenvalue weighted by molar-refractivity contribution is -0.139. The van der Waals surface area contributed by atoms with Crippen molar-refractivity contribution in [3.63, 3.8) is 0 Å². The Labute approximate surface area is 235 Å². The highest BCUT2D eigenvalue weighted by Crippen LogP contribution is 2.43. The van der Waals surface area contributed by atoms with Crippen molar-refractivity contribution >= 4 is 17.4 Å². The number of unbranched alkanes of at least 4 members (excludes halogenated alkanes) is 1. The van der Waals surface area contributed by atoms with Crippen LogP contribution in [0.15, 0.2) is 72.3 Å². The molecule has 7 heteroatoms. The Balaban J connectivity index is 1.57. The highest BCUT2D eigenvalue weighted by Gasteiger charge is 2.46. The first-order valence-electron chi connectivity index (χ1n) is 13.8. The van der Waals surface area contributed by atoms with Crippen molar-refractivity contribution in [3.8, 4) is 17.2 Å². The molecule has 1 amide bonds. The summed E-state index contributed by atoms with van der Waals surface area (Å²) in [7, 11) is 1.56. The van der Waals surface area contributed by atoms with Gasteiger partial charge >= 0.3 is 0 Å². The number of methoxy groups -OCH3 is 1. The maximum Gasteiger partial charge on any atom is 0.295 e. The number of nitrogens with zero attached hydrogens (tertiary/aromatic N) is 1. The van der Waals surface area contributed by atoms with Crippen molar-refractivity contribution in [3.05, 3.63) is 94.6 Å². The van der Waals surface area contributed by atoms with Crippen LogP contribution in [-0.4, -0.2) is 48.1 Å². The number of aliphatic hydroxyl groups is 1. The van der Waals surface area contributed by atoms with E-state index in [4.69, 9.17) is 14.2 Å². The fraction of sp³-hybridized carbons (Fsp3) is 0.333. The summed E-state index contributed by atoms with van der Waals surface area (Å²) in [5.41, 5.74) is 3.21. The number of fused-ring (bicyclic) bond motifs is 1. The molecule has 0 radical (unpaired) electrons. The number of Topliss-reactive ketones (excluding diaryl/α,β-unsaturated/α-hetero) is 1. The zero-order valence-electron chi connectivity index (χ0n) is 23.2. The number of carbonyl (C=O) groups is 2. The summed E-state index contributed by atoms with van der Waals surface area (Å²) in [4.78, 5) is 28.5. The zero-order valence-corrected chi connectivity index (χ0v) is 23.2. The Bertz CT molecular complexity index is 1430. The predicted molar refractivity (Wildman–Crippen MR) is 153 cm³/mol. The average Bonchev–Trinajstić information content (AvgIpc) is 3.47. The fourth-order valence-corrected chi connectivity index (χ4v) is 5.38. The third-order valence-electron chi connectivity index (χ3n) is 7.45. The molecule has 3 aromatic carbocycles. The highest BCUT2D eigenvalue weighted by atomic mass is 16.5. The molecular weight excluding hydrogens is 506 g/mol. The molecule has 0 aliphatic carbocycles. The highest BCUT2D eigenvalue weighted by molar-refractivity contribution is 6.46. The van der Waals surface area contributed by atoms with Gasteiger partial charge in [-0.3, -0.25) is 9.59 Å². The smallest absolute Gasteiger partial charge is 0.295 e. The number of aliphatic hydroxyl groups excluding tert-OH is 1. The van der Waals surface area contributed by atoms with Gasteiger partial charge in [0.1, 0.15) is 17.6 Å². The summed E-state index contributed by atoms with van der Waals surface area (Å²) in [5.74, 6) is 0.327. The molecule has 2 aliphatic rings. The van der Waals surface area contributed by atoms with E-state index in [9.17, 15) is 14.7 Å². The minimum Gasteiger partial charge on any atom is -0.507 e. The number of hydrogen-bond donors (Lipinski definition) is 1. The van der Waals surface area contributed by atoms with Crippen LogP contribution in [0.4, 0.5) is 0 Å². The molecule has 7 nitrogen and oxygen atoms in total. The Kier molecular flexibility index (Phi) is 8.10. The van der Waals surface area contributed by atoms with Crippen molar-refractivity contribution in [2.45, 2.75) is 51.7 Å². The summed E-state index contributed by atoms with van der Waals surface area (Å²) in [6.07, 6.45) is 3.23. The molecule has 2 unspecified atom stereocenters. The van der Waals surface area contributed by atoms with E-state index in [0.29, 0.717) is 48.6 Å². The number of likely N-dealkylation sites (tertiary alicyclic amines) is 1. The topological polar surface area (TPSA) is 85.3 Å². The van der Waals surface area contributed by atoms with Crippen LogP contribution in [0.3, 0.4) is 0 Å². The monoisotopic (exact) mass is 541 g/mol. The molecule has 5 rings (SSSR count). The molecule has 1 saturated heterocycles. The SMILES string of the molecule is CCCCOc1ccc(C2/C(=C(/O)c3ccc4c(c3)CC(C)O4)C(=O)C(=O)N2CCc2ccccc2)cc1OC. The van der Waals surface area contributed by atoms with Gasteiger partial charge in [-0.25, -0.2) is 0 Å². The standard InChI is InChI=1S/C33H35NO6/c1-4-5-17-39-27-14-11-23(20-28(27)38-3)30-29(31(35)24-12-13-26-25(19-24)18-21(2)40-26)32(36)33(37)34(30)16-15-22-9-7-6-8-10-22/h6-14,19-21,30,35H,4-5,15-18H2,1-3H3/b31-29-. The Morgan fingerprint density at radius 2 is 1.85 bits per heavy atom. The maximum atomic E-state index is 13.5. The Morgan fingerprint density at radius 1 is 1.05 bits per heavy atom. The van der Waals surface area contributed by atoms with E-state index < -0.39 is 17.7 Å². The van der Waals surface area contributed by atoms with Gasteiger partial charge in [0.05, 0.1) is 25.3 Å². The minimum atomic E-state index is -0.786. The van der Waals surface area contributed by atoms with Crippen LogP contribution in [0.25, 0.3) is 5.76 Å². The number of hydrogen-bond acceptors (Lipinski definition) is 6. The van der Waals surface area contributed by atoms with Gasteiger partial charge in [0.2, 0.25) is 0 Å². The van der Waals surface area contributed by atoms with Crippen LogP contribution >= 0.6 is 0 Å². The maximum absolute atomic E-state index is 13.5.